The Labute approximate surface area is 108 Å². The van der Waals surface area contributed by atoms with Gasteiger partial charge < -0.3 is 5.73 Å². The number of rotatable bonds is 2. The predicted molar refractivity (Wildman–Crippen MR) is 71.2 cm³/mol. The van der Waals surface area contributed by atoms with Gasteiger partial charge in [0.1, 0.15) is 11.4 Å². The molecule has 1 spiro atoms. The third kappa shape index (κ3) is 1.68. The number of amidine groups is 1. The van der Waals surface area contributed by atoms with E-state index in [1.54, 1.807) is 4.90 Å². The topological polar surface area (TPSA) is 61.9 Å². The summed E-state index contributed by atoms with van der Waals surface area (Å²) in [6, 6.07) is -0.158. The molecular formula is C13H20N4O. The molecular weight excluding hydrogens is 228 g/mol. The summed E-state index contributed by atoms with van der Waals surface area (Å²) in [4.78, 5) is 19.9. The van der Waals surface area contributed by atoms with Crippen LogP contribution < -0.4 is 5.73 Å². The van der Waals surface area contributed by atoms with Gasteiger partial charge in [-0.3, -0.25) is 9.80 Å². The Morgan fingerprint density at radius 2 is 2.17 bits per heavy atom. The fourth-order valence-electron chi connectivity index (χ4n) is 2.85. The van der Waals surface area contributed by atoms with E-state index in [0.717, 1.165) is 19.5 Å². The summed E-state index contributed by atoms with van der Waals surface area (Å²) in [6.07, 6.45) is 6.26. The van der Waals surface area contributed by atoms with Gasteiger partial charge in [-0.05, 0) is 27.2 Å². The number of hydrogen-bond donors (Lipinski definition) is 1. The zero-order valence-electron chi connectivity index (χ0n) is 11.2. The molecule has 0 aliphatic carbocycles. The lowest BCUT2D eigenvalue weighted by molar-refractivity contribution is 0.154. The zero-order valence-corrected chi connectivity index (χ0v) is 11.2. The molecule has 2 aliphatic heterocycles. The molecule has 2 heterocycles. The first-order chi connectivity index (χ1) is 8.42. The molecule has 5 nitrogen and oxygen atoms in total. The second-order valence-electron chi connectivity index (χ2n) is 5.34. The van der Waals surface area contributed by atoms with E-state index >= 15 is 0 Å². The highest BCUT2D eigenvalue weighted by Crippen LogP contribution is 2.35. The van der Waals surface area contributed by atoms with Crippen LogP contribution in [-0.2, 0) is 0 Å². The maximum Gasteiger partial charge on any atom is 0.347 e. The van der Waals surface area contributed by atoms with Gasteiger partial charge in [0.2, 0.25) is 0 Å². The second-order valence-corrected chi connectivity index (χ2v) is 5.34. The minimum atomic E-state index is -0.493. The van der Waals surface area contributed by atoms with Crippen LogP contribution in [0.3, 0.4) is 0 Å². The number of likely N-dealkylation sites (tertiary alicyclic amines) is 1. The van der Waals surface area contributed by atoms with E-state index < -0.39 is 5.54 Å². The summed E-state index contributed by atoms with van der Waals surface area (Å²) in [5.41, 5.74) is 5.51. The first-order valence-corrected chi connectivity index (χ1v) is 6.30. The Kier molecular flexibility index (Phi) is 3.07. The standard InChI is InChI=1S/C13H20N4O/c1-5-10(4)17-12(18)15-11(14)13(17)6-7-16(8-13)9(2)3/h1,9-10H,6-8H2,2-4H3,(H2,14,15,18). The maximum absolute atomic E-state index is 12.0. The summed E-state index contributed by atoms with van der Waals surface area (Å²) in [6.45, 7) is 7.74. The molecule has 2 amide bonds. The predicted octanol–water partition coefficient (Wildman–Crippen LogP) is 0.654. The highest BCUT2D eigenvalue weighted by molar-refractivity contribution is 6.06. The van der Waals surface area contributed by atoms with Gasteiger partial charge in [-0.2, -0.15) is 4.99 Å². The molecule has 0 radical (unpaired) electrons. The first kappa shape index (κ1) is 12.9. The molecule has 18 heavy (non-hydrogen) atoms. The normalized spacial score (nSPS) is 30.1. The monoisotopic (exact) mass is 248 g/mol. The third-order valence-corrected chi connectivity index (χ3v) is 4.00. The molecule has 2 N–H and O–H groups in total. The van der Waals surface area contributed by atoms with Crippen LogP contribution in [0.15, 0.2) is 4.99 Å². The second kappa shape index (κ2) is 4.29. The molecule has 2 aliphatic rings. The van der Waals surface area contributed by atoms with E-state index in [9.17, 15) is 4.79 Å². The van der Waals surface area contributed by atoms with Crippen molar-refractivity contribution in [3.63, 3.8) is 0 Å². The molecule has 0 aromatic heterocycles. The molecule has 0 aromatic rings. The summed E-state index contributed by atoms with van der Waals surface area (Å²) < 4.78 is 0. The quantitative estimate of drug-likeness (QED) is 0.730. The van der Waals surface area contributed by atoms with Crippen LogP contribution in [0.25, 0.3) is 0 Å². The number of aliphatic imine (C=N–C) groups is 1. The van der Waals surface area contributed by atoms with E-state index in [-0.39, 0.29) is 12.1 Å². The third-order valence-electron chi connectivity index (χ3n) is 4.00. The number of amides is 2. The van der Waals surface area contributed by atoms with Gasteiger partial charge in [0, 0.05) is 19.1 Å². The molecule has 0 saturated carbocycles. The molecule has 5 heteroatoms. The first-order valence-electron chi connectivity index (χ1n) is 6.30. The molecule has 1 fully saturated rings. The van der Waals surface area contributed by atoms with Gasteiger partial charge in [0.25, 0.3) is 0 Å². The average Bonchev–Trinajstić information content (AvgIpc) is 2.83. The van der Waals surface area contributed by atoms with Crippen LogP contribution in [-0.4, -0.2) is 52.4 Å². The Bertz CT molecular complexity index is 437. The zero-order chi connectivity index (χ0) is 13.5. The van der Waals surface area contributed by atoms with E-state index in [4.69, 9.17) is 12.2 Å². The van der Waals surface area contributed by atoms with Crippen LogP contribution in [0.2, 0.25) is 0 Å². The fraction of sp³-hybridized carbons (Fsp3) is 0.692. The van der Waals surface area contributed by atoms with Crippen molar-refractivity contribution in [1.29, 1.82) is 0 Å². The summed E-state index contributed by atoms with van der Waals surface area (Å²) >= 11 is 0. The van der Waals surface area contributed by atoms with Gasteiger partial charge in [0.05, 0.1) is 6.04 Å². The maximum atomic E-state index is 12.0. The van der Waals surface area contributed by atoms with Crippen molar-refractivity contribution < 1.29 is 4.79 Å². The molecule has 2 unspecified atom stereocenters. The van der Waals surface area contributed by atoms with E-state index in [1.165, 1.54) is 0 Å². The van der Waals surface area contributed by atoms with Crippen LogP contribution in [0.4, 0.5) is 4.79 Å². The number of carbonyl (C=O) groups is 1. The number of nitrogens with two attached hydrogens (primary N) is 1. The summed E-state index contributed by atoms with van der Waals surface area (Å²) in [5.74, 6) is 3.03. The van der Waals surface area contributed by atoms with Crippen molar-refractivity contribution in [2.75, 3.05) is 13.1 Å². The van der Waals surface area contributed by atoms with Crippen molar-refractivity contribution in [1.82, 2.24) is 9.80 Å². The van der Waals surface area contributed by atoms with Gasteiger partial charge in [0.15, 0.2) is 0 Å². The van der Waals surface area contributed by atoms with Gasteiger partial charge in [-0.1, -0.05) is 5.92 Å². The molecule has 2 rings (SSSR count). The van der Waals surface area contributed by atoms with Crippen LogP contribution >= 0.6 is 0 Å². The lowest BCUT2D eigenvalue weighted by Gasteiger charge is -2.37. The Morgan fingerprint density at radius 3 is 2.67 bits per heavy atom. The lowest BCUT2D eigenvalue weighted by atomic mass is 9.94. The van der Waals surface area contributed by atoms with E-state index in [0.29, 0.717) is 11.9 Å². The highest BCUT2D eigenvalue weighted by Gasteiger charge is 2.54. The van der Waals surface area contributed by atoms with Crippen molar-refractivity contribution in [3.8, 4) is 12.3 Å². The van der Waals surface area contributed by atoms with Crippen LogP contribution in [0.1, 0.15) is 27.2 Å². The van der Waals surface area contributed by atoms with Crippen LogP contribution in [0, 0.1) is 12.3 Å². The summed E-state index contributed by atoms with van der Waals surface area (Å²) in [7, 11) is 0. The Balaban J connectivity index is 2.33. The van der Waals surface area contributed by atoms with Crippen molar-refractivity contribution in [2.24, 2.45) is 10.7 Å². The summed E-state index contributed by atoms with van der Waals surface area (Å²) in [5, 5.41) is 0. The van der Waals surface area contributed by atoms with Gasteiger partial charge >= 0.3 is 6.03 Å². The lowest BCUT2D eigenvalue weighted by Crippen LogP contribution is -2.58. The van der Waals surface area contributed by atoms with Crippen molar-refractivity contribution in [3.05, 3.63) is 0 Å². The Morgan fingerprint density at radius 1 is 1.50 bits per heavy atom. The number of urea groups is 1. The van der Waals surface area contributed by atoms with Crippen LogP contribution in [0.5, 0.6) is 0 Å². The minimum absolute atomic E-state index is 0.283. The molecule has 2 atom stereocenters. The average molecular weight is 248 g/mol. The molecule has 0 aromatic carbocycles. The highest BCUT2D eigenvalue weighted by atomic mass is 16.2. The smallest absolute Gasteiger partial charge is 0.347 e. The SMILES string of the molecule is C#CC(C)N1C(=O)N=C(N)C12CCN(C(C)C)C2. The molecule has 1 saturated heterocycles. The van der Waals surface area contributed by atoms with Gasteiger partial charge in [-0.25, -0.2) is 4.79 Å². The minimum Gasteiger partial charge on any atom is -0.385 e. The van der Waals surface area contributed by atoms with E-state index in [2.05, 4.69) is 29.7 Å². The largest absolute Gasteiger partial charge is 0.385 e. The van der Waals surface area contributed by atoms with Gasteiger partial charge in [-0.15, -0.1) is 6.42 Å². The Hall–Kier alpha value is -1.54. The number of nitrogens with zero attached hydrogens (tertiary/aromatic N) is 3. The number of terminal acetylenes is 1. The molecule has 98 valence electrons. The number of hydrogen-bond acceptors (Lipinski definition) is 3. The number of carbonyl (C=O) groups excluding carboxylic acids is 1. The van der Waals surface area contributed by atoms with Crippen molar-refractivity contribution >= 4 is 11.9 Å². The van der Waals surface area contributed by atoms with Crippen molar-refractivity contribution in [2.45, 2.75) is 44.8 Å². The molecule has 0 bridgehead atoms. The van der Waals surface area contributed by atoms with E-state index in [1.807, 2.05) is 6.92 Å². The fourth-order valence-corrected chi connectivity index (χ4v) is 2.85.